The zero-order chi connectivity index (χ0) is 20.4. The third-order valence-electron chi connectivity index (χ3n) is 5.27. The lowest BCUT2D eigenvalue weighted by Gasteiger charge is -2.33. The maximum Gasteiger partial charge on any atom is 0.416 e. The van der Waals surface area contributed by atoms with Crippen LogP contribution in [0.2, 0.25) is 0 Å². The van der Waals surface area contributed by atoms with E-state index in [1.807, 2.05) is 49.5 Å². The van der Waals surface area contributed by atoms with E-state index in [2.05, 4.69) is 11.0 Å². The van der Waals surface area contributed by atoms with Gasteiger partial charge in [-0.05, 0) is 60.0 Å². The highest BCUT2D eigenvalue weighted by atomic mass is 19.4. The zero-order valence-electron chi connectivity index (χ0n) is 16.1. The van der Waals surface area contributed by atoms with Gasteiger partial charge in [0, 0.05) is 13.0 Å². The first-order valence-electron chi connectivity index (χ1n) is 9.61. The maximum absolute atomic E-state index is 13.0. The molecule has 0 bridgehead atoms. The molecule has 0 N–H and O–H groups in total. The fraction of sp³-hybridized carbons (Fsp3) is 0.250. The second-order valence-electron chi connectivity index (χ2n) is 7.41. The Morgan fingerprint density at radius 1 is 0.931 bits per heavy atom. The topological polar surface area (TPSA) is 12.5 Å². The molecule has 29 heavy (non-hydrogen) atoms. The standard InChI is InChI=1S/C24H22F3NO/c1-28(23-13-12-18-7-2-3-11-22(18)29-23)16-17-6-4-8-19(14-17)20-9-5-10-21(15-20)24(25,26)27/h2-11,14-15,23H,12-13,16H2,1H3. The normalized spacial score (nSPS) is 16.4. The number of hydrogen-bond acceptors (Lipinski definition) is 2. The lowest BCUT2D eigenvalue weighted by atomic mass is 10.0. The second kappa shape index (κ2) is 7.91. The first-order valence-corrected chi connectivity index (χ1v) is 9.61. The summed E-state index contributed by atoms with van der Waals surface area (Å²) in [4.78, 5) is 2.14. The third-order valence-corrected chi connectivity index (χ3v) is 5.27. The van der Waals surface area contributed by atoms with Crippen LogP contribution in [-0.2, 0) is 19.1 Å². The molecule has 4 rings (SSSR count). The lowest BCUT2D eigenvalue weighted by Crippen LogP contribution is -2.38. The van der Waals surface area contributed by atoms with Gasteiger partial charge in [0.1, 0.15) is 5.75 Å². The van der Waals surface area contributed by atoms with Gasteiger partial charge >= 0.3 is 6.18 Å². The summed E-state index contributed by atoms with van der Waals surface area (Å²) < 4.78 is 45.2. The van der Waals surface area contributed by atoms with Crippen LogP contribution in [0.25, 0.3) is 11.1 Å². The summed E-state index contributed by atoms with van der Waals surface area (Å²) in [5.74, 6) is 0.924. The highest BCUT2D eigenvalue weighted by Gasteiger charge is 2.30. The summed E-state index contributed by atoms with van der Waals surface area (Å²) in [5.41, 5.74) is 2.96. The number of benzene rings is 3. The van der Waals surface area contributed by atoms with E-state index in [-0.39, 0.29) is 6.23 Å². The molecule has 0 aromatic heterocycles. The van der Waals surface area contributed by atoms with Crippen molar-refractivity contribution in [1.29, 1.82) is 0 Å². The first kappa shape index (κ1) is 19.5. The van der Waals surface area contributed by atoms with Crippen molar-refractivity contribution >= 4 is 0 Å². The summed E-state index contributed by atoms with van der Waals surface area (Å²) in [7, 11) is 2.01. The van der Waals surface area contributed by atoms with E-state index in [1.54, 1.807) is 6.07 Å². The van der Waals surface area contributed by atoms with E-state index < -0.39 is 11.7 Å². The van der Waals surface area contributed by atoms with Gasteiger partial charge in [-0.3, -0.25) is 4.90 Å². The van der Waals surface area contributed by atoms with E-state index >= 15 is 0 Å². The fourth-order valence-corrected chi connectivity index (χ4v) is 3.73. The summed E-state index contributed by atoms with van der Waals surface area (Å²) in [5, 5.41) is 0. The molecule has 3 aromatic carbocycles. The molecule has 150 valence electrons. The summed E-state index contributed by atoms with van der Waals surface area (Å²) in [6, 6.07) is 21.2. The van der Waals surface area contributed by atoms with Crippen LogP contribution in [0.15, 0.2) is 72.8 Å². The van der Waals surface area contributed by atoms with Gasteiger partial charge in [-0.15, -0.1) is 0 Å². The van der Waals surface area contributed by atoms with Crippen molar-refractivity contribution in [3.05, 3.63) is 89.5 Å². The average Bonchev–Trinajstić information content (AvgIpc) is 2.73. The summed E-state index contributed by atoms with van der Waals surface area (Å²) in [6.07, 6.45) is -2.50. The molecule has 0 aliphatic carbocycles. The number of fused-ring (bicyclic) bond motifs is 1. The Kier molecular flexibility index (Phi) is 5.33. The van der Waals surface area contributed by atoms with Crippen molar-refractivity contribution in [1.82, 2.24) is 4.90 Å². The molecule has 1 aliphatic rings. The number of hydrogen-bond donors (Lipinski definition) is 0. The molecule has 0 saturated carbocycles. The highest BCUT2D eigenvalue weighted by molar-refractivity contribution is 5.65. The number of aryl methyl sites for hydroxylation is 1. The number of nitrogens with zero attached hydrogens (tertiary/aromatic N) is 1. The first-order chi connectivity index (χ1) is 13.9. The van der Waals surface area contributed by atoms with E-state index in [9.17, 15) is 13.2 Å². The van der Waals surface area contributed by atoms with Crippen LogP contribution in [-0.4, -0.2) is 18.2 Å². The van der Waals surface area contributed by atoms with Crippen LogP contribution in [0, 0.1) is 0 Å². The molecule has 0 radical (unpaired) electrons. The molecule has 1 atom stereocenters. The van der Waals surface area contributed by atoms with Crippen LogP contribution in [0.3, 0.4) is 0 Å². The van der Waals surface area contributed by atoms with Gasteiger partial charge in [-0.2, -0.15) is 13.2 Å². The molecule has 0 saturated heterocycles. The number of halogens is 3. The predicted octanol–water partition coefficient (Wildman–Crippen LogP) is 6.16. The monoisotopic (exact) mass is 397 g/mol. The lowest BCUT2D eigenvalue weighted by molar-refractivity contribution is -0.137. The predicted molar refractivity (Wildman–Crippen MR) is 108 cm³/mol. The van der Waals surface area contributed by atoms with Crippen molar-refractivity contribution in [2.45, 2.75) is 31.8 Å². The van der Waals surface area contributed by atoms with Gasteiger partial charge < -0.3 is 4.74 Å². The minimum atomic E-state index is -4.34. The van der Waals surface area contributed by atoms with Crippen LogP contribution < -0.4 is 4.74 Å². The van der Waals surface area contributed by atoms with Crippen LogP contribution >= 0.6 is 0 Å². The van der Waals surface area contributed by atoms with Crippen molar-refractivity contribution in [2.24, 2.45) is 0 Å². The molecule has 0 amide bonds. The van der Waals surface area contributed by atoms with Crippen molar-refractivity contribution in [2.75, 3.05) is 7.05 Å². The summed E-state index contributed by atoms with van der Waals surface area (Å²) >= 11 is 0. The zero-order valence-corrected chi connectivity index (χ0v) is 16.1. The van der Waals surface area contributed by atoms with Gasteiger partial charge in [0.15, 0.2) is 6.23 Å². The molecule has 1 heterocycles. The molecule has 1 unspecified atom stereocenters. The molecular formula is C24H22F3NO. The van der Waals surface area contributed by atoms with E-state index in [4.69, 9.17) is 4.74 Å². The van der Waals surface area contributed by atoms with Gasteiger partial charge in [0.25, 0.3) is 0 Å². The molecule has 2 nitrogen and oxygen atoms in total. The third kappa shape index (κ3) is 4.46. The molecule has 0 fully saturated rings. The Balaban J connectivity index is 1.50. The van der Waals surface area contributed by atoms with Crippen LogP contribution in [0.4, 0.5) is 13.2 Å². The number of alkyl halides is 3. The van der Waals surface area contributed by atoms with Gasteiger partial charge in [0.2, 0.25) is 0 Å². The number of para-hydroxylation sites is 1. The molecule has 0 spiro atoms. The van der Waals surface area contributed by atoms with Crippen LogP contribution in [0.1, 0.15) is 23.1 Å². The minimum absolute atomic E-state index is 0.0258. The minimum Gasteiger partial charge on any atom is -0.475 e. The molecular weight excluding hydrogens is 375 g/mol. The Morgan fingerprint density at radius 3 is 2.45 bits per heavy atom. The highest BCUT2D eigenvalue weighted by Crippen LogP contribution is 2.33. The van der Waals surface area contributed by atoms with Gasteiger partial charge in [-0.1, -0.05) is 48.5 Å². The average molecular weight is 397 g/mol. The SMILES string of the molecule is CN(Cc1cccc(-c2cccc(C(F)(F)F)c2)c1)C1CCc2ccccc2O1. The van der Waals surface area contributed by atoms with E-state index in [1.165, 1.54) is 17.7 Å². The van der Waals surface area contributed by atoms with E-state index in [0.717, 1.165) is 35.8 Å². The number of rotatable bonds is 4. The smallest absolute Gasteiger partial charge is 0.416 e. The molecule has 3 aromatic rings. The van der Waals surface area contributed by atoms with Crippen LogP contribution in [0.5, 0.6) is 5.75 Å². The molecule has 5 heteroatoms. The quantitative estimate of drug-likeness (QED) is 0.523. The Hall–Kier alpha value is -2.79. The van der Waals surface area contributed by atoms with Gasteiger partial charge in [0.05, 0.1) is 5.56 Å². The largest absolute Gasteiger partial charge is 0.475 e. The van der Waals surface area contributed by atoms with E-state index in [0.29, 0.717) is 12.1 Å². The summed E-state index contributed by atoms with van der Waals surface area (Å²) in [6.45, 7) is 0.652. The Bertz CT molecular complexity index is 999. The molecule has 1 aliphatic heterocycles. The number of ether oxygens (including phenoxy) is 1. The van der Waals surface area contributed by atoms with Gasteiger partial charge in [-0.25, -0.2) is 0 Å². The van der Waals surface area contributed by atoms with Crippen molar-refractivity contribution in [3.63, 3.8) is 0 Å². The Morgan fingerprint density at radius 2 is 1.66 bits per heavy atom. The van der Waals surface area contributed by atoms with Crippen molar-refractivity contribution < 1.29 is 17.9 Å². The fourth-order valence-electron chi connectivity index (χ4n) is 3.73. The Labute approximate surface area is 168 Å². The maximum atomic E-state index is 13.0. The van der Waals surface area contributed by atoms with Crippen molar-refractivity contribution in [3.8, 4) is 16.9 Å². The second-order valence-corrected chi connectivity index (χ2v) is 7.41.